The molecule has 0 aliphatic carbocycles. The van der Waals surface area contributed by atoms with Gasteiger partial charge in [-0.15, -0.1) is 0 Å². The molecule has 0 radical (unpaired) electrons. The average Bonchev–Trinajstić information content (AvgIpc) is 2.47. The van der Waals surface area contributed by atoms with E-state index in [2.05, 4.69) is 0 Å². The highest BCUT2D eigenvalue weighted by atomic mass is 16.5. The molecule has 3 nitrogen and oxygen atoms in total. The number of carbonyl (C=O) groups excluding carboxylic acids is 1. The summed E-state index contributed by atoms with van der Waals surface area (Å²) in [4.78, 5) is 11.8. The highest BCUT2D eigenvalue weighted by molar-refractivity contribution is 5.96. The van der Waals surface area contributed by atoms with E-state index in [1.807, 2.05) is 48.5 Å². The van der Waals surface area contributed by atoms with Gasteiger partial charge in [-0.3, -0.25) is 4.79 Å². The lowest BCUT2D eigenvalue weighted by Crippen LogP contribution is -2.12. The molecule has 0 unspecified atom stereocenters. The van der Waals surface area contributed by atoms with Gasteiger partial charge >= 0.3 is 0 Å². The Morgan fingerprint density at radius 3 is 2.21 bits per heavy atom. The number of Topliss-reactive ketones (excluding diaryl/α,β-unsaturated/α-hetero) is 1. The van der Waals surface area contributed by atoms with Crippen LogP contribution in [0.25, 0.3) is 0 Å². The summed E-state index contributed by atoms with van der Waals surface area (Å²) >= 11 is 0. The Labute approximate surface area is 112 Å². The minimum absolute atomic E-state index is 0.0112. The van der Waals surface area contributed by atoms with Crippen LogP contribution in [0, 0.1) is 5.21 Å². The van der Waals surface area contributed by atoms with Gasteiger partial charge in [-0.2, -0.15) is 0 Å². The molecule has 2 aromatic carbocycles. The number of hydrogen-bond donors (Lipinski definition) is 0. The van der Waals surface area contributed by atoms with Gasteiger partial charge in [0.25, 0.3) is 0 Å². The van der Waals surface area contributed by atoms with Crippen molar-refractivity contribution in [3.8, 4) is 0 Å². The van der Waals surface area contributed by atoms with E-state index >= 15 is 0 Å². The van der Waals surface area contributed by atoms with E-state index in [9.17, 15) is 10.0 Å². The molecule has 0 N–H and O–H groups in total. The molecule has 96 valence electrons. The first-order valence-electron chi connectivity index (χ1n) is 6.17. The van der Waals surface area contributed by atoms with Crippen LogP contribution in [0.5, 0.6) is 0 Å². The maximum absolute atomic E-state index is 11.8. The van der Waals surface area contributed by atoms with Crippen LogP contribution >= 0.6 is 0 Å². The van der Waals surface area contributed by atoms with Crippen molar-refractivity contribution in [3.05, 3.63) is 77.0 Å². The van der Waals surface area contributed by atoms with Crippen LogP contribution in [0.3, 0.4) is 0 Å². The number of rotatable bonds is 5. The SMILES string of the molecule is O=C(CC/[N+]([O-])=C/c1ccccc1)c1ccccc1. The second kappa shape index (κ2) is 6.50. The first kappa shape index (κ1) is 13.0. The first-order valence-corrected chi connectivity index (χ1v) is 6.17. The van der Waals surface area contributed by atoms with E-state index in [0.29, 0.717) is 5.56 Å². The number of nitrogens with zero attached hydrogens (tertiary/aromatic N) is 1. The second-order valence-corrected chi connectivity index (χ2v) is 4.22. The topological polar surface area (TPSA) is 43.1 Å². The maximum atomic E-state index is 11.8. The zero-order valence-electron chi connectivity index (χ0n) is 10.5. The van der Waals surface area contributed by atoms with E-state index in [1.54, 1.807) is 12.1 Å². The fraction of sp³-hybridized carbons (Fsp3) is 0.125. The molecule has 0 fully saturated rings. The molecule has 0 atom stereocenters. The van der Waals surface area contributed by atoms with Gasteiger partial charge in [0.05, 0.1) is 6.42 Å². The highest BCUT2D eigenvalue weighted by Gasteiger charge is 2.07. The summed E-state index contributed by atoms with van der Waals surface area (Å²) in [6.45, 7) is 0.169. The molecule has 0 amide bonds. The van der Waals surface area contributed by atoms with E-state index < -0.39 is 0 Å². The van der Waals surface area contributed by atoms with Crippen LogP contribution < -0.4 is 0 Å². The van der Waals surface area contributed by atoms with Crippen LogP contribution in [0.1, 0.15) is 22.3 Å². The number of benzene rings is 2. The van der Waals surface area contributed by atoms with E-state index in [0.717, 1.165) is 10.3 Å². The zero-order chi connectivity index (χ0) is 13.5. The fourth-order valence-electron chi connectivity index (χ4n) is 1.75. The molecule has 0 spiro atoms. The molecule has 2 aromatic rings. The fourth-order valence-corrected chi connectivity index (χ4v) is 1.75. The molecule has 0 bridgehead atoms. The Morgan fingerprint density at radius 2 is 1.58 bits per heavy atom. The van der Waals surface area contributed by atoms with Crippen molar-refractivity contribution >= 4 is 12.0 Å². The molecule has 0 aliphatic heterocycles. The Bertz CT molecular complexity index is 562. The van der Waals surface area contributed by atoms with Crippen molar-refractivity contribution in [3.63, 3.8) is 0 Å². The Hall–Kier alpha value is -2.42. The number of hydrogen-bond acceptors (Lipinski definition) is 2. The van der Waals surface area contributed by atoms with Crippen molar-refractivity contribution in [2.75, 3.05) is 6.54 Å². The summed E-state index contributed by atoms with van der Waals surface area (Å²) in [6.07, 6.45) is 1.72. The summed E-state index contributed by atoms with van der Waals surface area (Å²) in [5, 5.41) is 11.7. The lowest BCUT2D eigenvalue weighted by molar-refractivity contribution is -0.450. The summed E-state index contributed by atoms with van der Waals surface area (Å²) in [6, 6.07) is 18.4. The minimum Gasteiger partial charge on any atom is -0.624 e. The summed E-state index contributed by atoms with van der Waals surface area (Å²) in [5.41, 5.74) is 1.49. The number of carbonyl (C=O) groups is 1. The van der Waals surface area contributed by atoms with Crippen molar-refractivity contribution in [1.29, 1.82) is 0 Å². The van der Waals surface area contributed by atoms with E-state index in [4.69, 9.17) is 0 Å². The standard InChI is InChI=1S/C16H15NO2/c18-16(15-9-5-2-6-10-15)11-12-17(19)13-14-7-3-1-4-8-14/h1-10,13H,11-12H2/b17-13-. The van der Waals surface area contributed by atoms with Crippen molar-refractivity contribution in [2.24, 2.45) is 0 Å². The molecule has 3 heteroatoms. The predicted molar refractivity (Wildman–Crippen MR) is 75.5 cm³/mol. The van der Waals surface area contributed by atoms with E-state index in [1.165, 1.54) is 6.21 Å². The Kier molecular flexibility index (Phi) is 4.45. The maximum Gasteiger partial charge on any atom is 0.181 e. The summed E-state index contributed by atoms with van der Waals surface area (Å²) in [7, 11) is 0. The molecule has 0 aromatic heterocycles. The zero-order valence-corrected chi connectivity index (χ0v) is 10.5. The van der Waals surface area contributed by atoms with Crippen LogP contribution in [0.4, 0.5) is 0 Å². The lowest BCUT2D eigenvalue weighted by atomic mass is 10.1. The smallest absolute Gasteiger partial charge is 0.181 e. The van der Waals surface area contributed by atoms with Gasteiger partial charge in [-0.25, -0.2) is 4.74 Å². The highest BCUT2D eigenvalue weighted by Crippen LogP contribution is 2.03. The molecule has 2 rings (SSSR count). The molecular formula is C16H15NO2. The monoisotopic (exact) mass is 253 g/mol. The van der Waals surface area contributed by atoms with Gasteiger partial charge < -0.3 is 5.21 Å². The van der Waals surface area contributed by atoms with Gasteiger partial charge in [-0.05, 0) is 12.1 Å². The van der Waals surface area contributed by atoms with Gasteiger partial charge in [-0.1, -0.05) is 48.5 Å². The van der Waals surface area contributed by atoms with Gasteiger partial charge in [0.1, 0.15) is 0 Å². The normalized spacial score (nSPS) is 11.3. The molecule has 0 saturated carbocycles. The third-order valence-electron chi connectivity index (χ3n) is 2.75. The average molecular weight is 253 g/mol. The largest absolute Gasteiger partial charge is 0.624 e. The number of hydroxylamine groups is 1. The van der Waals surface area contributed by atoms with Crippen LogP contribution in [0.2, 0.25) is 0 Å². The quantitative estimate of drug-likeness (QED) is 0.270. The molecule has 19 heavy (non-hydrogen) atoms. The molecule has 0 saturated heterocycles. The first-order chi connectivity index (χ1) is 9.25. The predicted octanol–water partition coefficient (Wildman–Crippen LogP) is 2.89. The van der Waals surface area contributed by atoms with Crippen LogP contribution in [-0.4, -0.2) is 23.3 Å². The second-order valence-electron chi connectivity index (χ2n) is 4.22. The van der Waals surface area contributed by atoms with Gasteiger partial charge in [0, 0.05) is 11.1 Å². The van der Waals surface area contributed by atoms with E-state index in [-0.39, 0.29) is 18.7 Å². The van der Waals surface area contributed by atoms with Crippen molar-refractivity contribution in [2.45, 2.75) is 6.42 Å². The number of ketones is 1. The lowest BCUT2D eigenvalue weighted by Gasteiger charge is -2.04. The van der Waals surface area contributed by atoms with Crippen LogP contribution in [-0.2, 0) is 0 Å². The van der Waals surface area contributed by atoms with Gasteiger partial charge in [0.2, 0.25) is 0 Å². The minimum atomic E-state index is -0.0112. The van der Waals surface area contributed by atoms with Crippen LogP contribution in [0.15, 0.2) is 60.7 Å². The molecule has 0 aliphatic rings. The molecular weight excluding hydrogens is 238 g/mol. The third-order valence-corrected chi connectivity index (χ3v) is 2.75. The molecule has 0 heterocycles. The Morgan fingerprint density at radius 1 is 1.00 bits per heavy atom. The summed E-state index contributed by atoms with van der Waals surface area (Å²) in [5.74, 6) is -0.0112. The van der Waals surface area contributed by atoms with Crippen molar-refractivity contribution < 1.29 is 9.53 Å². The Balaban J connectivity index is 1.92. The summed E-state index contributed by atoms with van der Waals surface area (Å²) < 4.78 is 0.802. The van der Waals surface area contributed by atoms with Gasteiger partial charge in [0.15, 0.2) is 18.5 Å². The third kappa shape index (κ3) is 4.07. The van der Waals surface area contributed by atoms with Crippen molar-refractivity contribution in [1.82, 2.24) is 0 Å².